The van der Waals surface area contributed by atoms with E-state index in [4.69, 9.17) is 0 Å². The summed E-state index contributed by atoms with van der Waals surface area (Å²) in [5.41, 5.74) is 0. The van der Waals surface area contributed by atoms with Crippen LogP contribution in [-0.2, 0) is 11.3 Å². The number of hydrogen-bond acceptors (Lipinski definition) is 4. The number of aromatic nitrogens is 1. The fourth-order valence-corrected chi connectivity index (χ4v) is 4.25. The lowest BCUT2D eigenvalue weighted by atomic mass is 10.2. The summed E-state index contributed by atoms with van der Waals surface area (Å²) in [5.74, 6) is 0.800. The second kappa shape index (κ2) is 6.67. The molecule has 3 rings (SSSR count). The van der Waals surface area contributed by atoms with Crippen LogP contribution in [0.1, 0.15) is 62.3 Å². The van der Waals surface area contributed by atoms with Gasteiger partial charge in [0.1, 0.15) is 5.01 Å². The van der Waals surface area contributed by atoms with Crippen LogP contribution in [0.3, 0.4) is 0 Å². The number of rotatable bonds is 6. The predicted octanol–water partition coefficient (Wildman–Crippen LogP) is 3.24. The lowest BCUT2D eigenvalue weighted by Gasteiger charge is -2.30. The fraction of sp³-hybridized carbons (Fsp3) is 0.765. The first-order valence-electron chi connectivity index (χ1n) is 8.50. The van der Waals surface area contributed by atoms with Crippen LogP contribution in [0.2, 0.25) is 0 Å². The summed E-state index contributed by atoms with van der Waals surface area (Å²) in [7, 11) is 0. The first kappa shape index (κ1) is 15.9. The number of thiazole rings is 1. The smallest absolute Gasteiger partial charge is 0.219 e. The highest BCUT2D eigenvalue weighted by Gasteiger charge is 2.35. The van der Waals surface area contributed by atoms with E-state index in [0.29, 0.717) is 18.0 Å². The standard InChI is InChI=1S/C17H27N3OS/c1-12(2)16-9-18-17(22-16)11-19-8-4-5-15(19)10-20(13(3)21)14-6-7-14/h9,12,14-15H,4-8,10-11H2,1-3H3/t15-/m1/s1. The van der Waals surface area contributed by atoms with Gasteiger partial charge in [0.2, 0.25) is 5.91 Å². The van der Waals surface area contributed by atoms with Crippen LogP contribution < -0.4 is 0 Å². The molecular weight excluding hydrogens is 294 g/mol. The van der Waals surface area contributed by atoms with Crippen LogP contribution in [0.25, 0.3) is 0 Å². The van der Waals surface area contributed by atoms with E-state index >= 15 is 0 Å². The van der Waals surface area contributed by atoms with Crippen LogP contribution in [-0.4, -0.2) is 45.9 Å². The average molecular weight is 321 g/mol. The molecule has 1 aliphatic carbocycles. The van der Waals surface area contributed by atoms with Crippen molar-refractivity contribution < 1.29 is 4.79 Å². The van der Waals surface area contributed by atoms with Gasteiger partial charge in [-0.15, -0.1) is 11.3 Å². The van der Waals surface area contributed by atoms with Crippen molar-refractivity contribution in [2.45, 2.75) is 71.0 Å². The molecule has 1 aliphatic heterocycles. The Bertz CT molecular complexity index is 524. The third-order valence-corrected chi connectivity index (χ3v) is 6.06. The zero-order valence-corrected chi connectivity index (χ0v) is 14.7. The molecular formula is C17H27N3OS. The Hall–Kier alpha value is -0.940. The Labute approximate surface area is 137 Å². The second-order valence-electron chi connectivity index (χ2n) is 6.98. The first-order valence-corrected chi connectivity index (χ1v) is 9.32. The minimum absolute atomic E-state index is 0.241. The Balaban J connectivity index is 1.61. The topological polar surface area (TPSA) is 36.4 Å². The molecule has 0 spiro atoms. The Morgan fingerprint density at radius 3 is 2.82 bits per heavy atom. The molecule has 0 N–H and O–H groups in total. The number of carbonyl (C=O) groups is 1. The molecule has 1 aromatic rings. The maximum absolute atomic E-state index is 11.9. The van der Waals surface area contributed by atoms with Crippen LogP contribution >= 0.6 is 11.3 Å². The summed E-state index contributed by atoms with van der Waals surface area (Å²) < 4.78 is 0. The van der Waals surface area contributed by atoms with E-state index in [-0.39, 0.29) is 5.91 Å². The molecule has 2 aliphatic rings. The van der Waals surface area contributed by atoms with E-state index in [2.05, 4.69) is 28.6 Å². The highest BCUT2D eigenvalue weighted by molar-refractivity contribution is 7.11. The van der Waals surface area contributed by atoms with E-state index in [1.165, 1.54) is 35.6 Å². The van der Waals surface area contributed by atoms with Crippen molar-refractivity contribution in [1.29, 1.82) is 0 Å². The molecule has 22 heavy (non-hydrogen) atoms. The van der Waals surface area contributed by atoms with Gasteiger partial charge in [0.15, 0.2) is 0 Å². The summed E-state index contributed by atoms with van der Waals surface area (Å²) in [6, 6.07) is 1.03. The van der Waals surface area contributed by atoms with Gasteiger partial charge in [0.05, 0.1) is 6.54 Å². The SMILES string of the molecule is CC(=O)N(C[C@H]1CCCN1Cc1ncc(C(C)C)s1)C1CC1. The van der Waals surface area contributed by atoms with Gasteiger partial charge >= 0.3 is 0 Å². The van der Waals surface area contributed by atoms with Crippen molar-refractivity contribution in [3.05, 3.63) is 16.1 Å². The monoisotopic (exact) mass is 321 g/mol. The largest absolute Gasteiger partial charge is 0.338 e. The first-order chi connectivity index (χ1) is 10.5. The molecule has 2 heterocycles. The van der Waals surface area contributed by atoms with Crippen molar-refractivity contribution in [2.75, 3.05) is 13.1 Å². The highest BCUT2D eigenvalue weighted by Crippen LogP contribution is 2.30. The van der Waals surface area contributed by atoms with Gasteiger partial charge in [0, 0.05) is 36.6 Å². The van der Waals surface area contributed by atoms with Crippen LogP contribution in [0.5, 0.6) is 0 Å². The van der Waals surface area contributed by atoms with E-state index in [9.17, 15) is 4.79 Å². The third kappa shape index (κ3) is 3.69. The zero-order chi connectivity index (χ0) is 15.7. The number of hydrogen-bond donors (Lipinski definition) is 0. The number of likely N-dealkylation sites (tertiary alicyclic amines) is 1. The van der Waals surface area contributed by atoms with Crippen LogP contribution in [0, 0.1) is 0 Å². The van der Waals surface area contributed by atoms with E-state index in [1.807, 2.05) is 17.5 Å². The maximum Gasteiger partial charge on any atom is 0.219 e. The highest BCUT2D eigenvalue weighted by atomic mass is 32.1. The van der Waals surface area contributed by atoms with Gasteiger partial charge in [-0.05, 0) is 38.1 Å². The van der Waals surface area contributed by atoms with Crippen LogP contribution in [0.15, 0.2) is 6.20 Å². The molecule has 122 valence electrons. The van der Waals surface area contributed by atoms with E-state index in [1.54, 1.807) is 6.92 Å². The van der Waals surface area contributed by atoms with Gasteiger partial charge in [-0.3, -0.25) is 9.69 Å². The van der Waals surface area contributed by atoms with Crippen LogP contribution in [0.4, 0.5) is 0 Å². The van der Waals surface area contributed by atoms with Crippen molar-refractivity contribution in [1.82, 2.24) is 14.8 Å². The predicted molar refractivity (Wildman–Crippen MR) is 90.0 cm³/mol. The molecule has 0 unspecified atom stereocenters. The molecule has 1 amide bonds. The average Bonchev–Trinajstić information content (AvgIpc) is 3.02. The van der Waals surface area contributed by atoms with Crippen molar-refractivity contribution in [3.63, 3.8) is 0 Å². The van der Waals surface area contributed by atoms with Crippen molar-refractivity contribution >= 4 is 17.2 Å². The molecule has 0 radical (unpaired) electrons. The van der Waals surface area contributed by atoms with E-state index in [0.717, 1.165) is 19.6 Å². The van der Waals surface area contributed by atoms with Crippen molar-refractivity contribution in [3.8, 4) is 0 Å². The van der Waals surface area contributed by atoms with Gasteiger partial charge in [-0.1, -0.05) is 13.8 Å². The minimum Gasteiger partial charge on any atom is -0.338 e. The van der Waals surface area contributed by atoms with Crippen molar-refractivity contribution in [2.24, 2.45) is 0 Å². The zero-order valence-electron chi connectivity index (χ0n) is 13.9. The molecule has 1 atom stereocenters. The van der Waals surface area contributed by atoms with E-state index < -0.39 is 0 Å². The molecule has 0 aromatic carbocycles. The molecule has 4 nitrogen and oxygen atoms in total. The Morgan fingerprint density at radius 2 is 2.23 bits per heavy atom. The lowest BCUT2D eigenvalue weighted by Crippen LogP contribution is -2.43. The number of carbonyl (C=O) groups excluding carboxylic acids is 1. The third-order valence-electron chi connectivity index (χ3n) is 4.78. The van der Waals surface area contributed by atoms with Gasteiger partial charge in [0.25, 0.3) is 0 Å². The quantitative estimate of drug-likeness (QED) is 0.807. The molecule has 0 bridgehead atoms. The Kier molecular flexibility index (Phi) is 4.83. The fourth-order valence-electron chi connectivity index (χ4n) is 3.30. The lowest BCUT2D eigenvalue weighted by molar-refractivity contribution is -0.130. The van der Waals surface area contributed by atoms with Gasteiger partial charge in [-0.2, -0.15) is 0 Å². The molecule has 1 saturated carbocycles. The second-order valence-corrected chi connectivity index (χ2v) is 8.13. The summed E-state index contributed by atoms with van der Waals surface area (Å²) in [5, 5.41) is 1.22. The molecule has 1 aromatic heterocycles. The Morgan fingerprint density at radius 1 is 1.45 bits per heavy atom. The number of nitrogens with zero attached hydrogens (tertiary/aromatic N) is 3. The summed E-state index contributed by atoms with van der Waals surface area (Å²) in [4.78, 5) is 22.4. The normalized spacial score (nSPS) is 22.5. The summed E-state index contributed by atoms with van der Waals surface area (Å²) in [6.07, 6.45) is 6.86. The van der Waals surface area contributed by atoms with Gasteiger partial charge < -0.3 is 4.90 Å². The number of amides is 1. The molecule has 1 saturated heterocycles. The molecule has 5 heteroatoms. The minimum atomic E-state index is 0.241. The maximum atomic E-state index is 11.9. The van der Waals surface area contributed by atoms with Gasteiger partial charge in [-0.25, -0.2) is 4.98 Å². The summed E-state index contributed by atoms with van der Waals surface area (Å²) >= 11 is 1.84. The summed E-state index contributed by atoms with van der Waals surface area (Å²) in [6.45, 7) is 9.14. The molecule has 2 fully saturated rings.